The molecule has 102 valence electrons. The van der Waals surface area contributed by atoms with E-state index in [2.05, 4.69) is 16.7 Å². The molecule has 0 bridgehead atoms. The smallest absolute Gasteiger partial charge is 0.128 e. The number of hydrogen-bond acceptors (Lipinski definition) is 3. The highest BCUT2D eigenvalue weighted by atomic mass is 32.2. The second-order valence-corrected chi connectivity index (χ2v) is 5.69. The Bertz CT molecular complexity index is 475. The molecule has 0 aliphatic carbocycles. The van der Waals surface area contributed by atoms with Crippen LogP contribution in [-0.2, 0) is 6.54 Å². The van der Waals surface area contributed by atoms with Gasteiger partial charge in [-0.1, -0.05) is 17.9 Å². The van der Waals surface area contributed by atoms with E-state index in [1.165, 1.54) is 6.07 Å². The van der Waals surface area contributed by atoms with E-state index < -0.39 is 0 Å². The number of nitrogens with zero attached hydrogens (tertiary/aromatic N) is 1. The van der Waals surface area contributed by atoms with E-state index >= 15 is 0 Å². The molecule has 1 heterocycles. The van der Waals surface area contributed by atoms with E-state index in [1.807, 2.05) is 23.9 Å². The van der Waals surface area contributed by atoms with Crippen molar-refractivity contribution in [1.29, 1.82) is 0 Å². The number of aliphatic hydroxyl groups excluding tert-OH is 1. The fourth-order valence-electron chi connectivity index (χ4n) is 1.97. The molecule has 4 heteroatoms. The van der Waals surface area contributed by atoms with Gasteiger partial charge in [-0.15, -0.1) is 0 Å². The van der Waals surface area contributed by atoms with Crippen LogP contribution in [0.15, 0.2) is 18.2 Å². The number of halogens is 1. The van der Waals surface area contributed by atoms with Gasteiger partial charge >= 0.3 is 0 Å². The first-order valence-electron chi connectivity index (χ1n) is 6.48. The molecule has 1 aliphatic rings. The van der Waals surface area contributed by atoms with Gasteiger partial charge in [-0.05, 0) is 12.1 Å². The molecule has 0 spiro atoms. The fraction of sp³-hybridized carbons (Fsp3) is 0.467. The van der Waals surface area contributed by atoms with Crippen LogP contribution < -0.4 is 0 Å². The van der Waals surface area contributed by atoms with E-state index in [9.17, 15) is 4.39 Å². The lowest BCUT2D eigenvalue weighted by Gasteiger charge is -2.26. The Hall–Kier alpha value is -1.02. The summed E-state index contributed by atoms with van der Waals surface area (Å²) >= 11 is 1.95. The second kappa shape index (κ2) is 7.54. The summed E-state index contributed by atoms with van der Waals surface area (Å²) in [6.45, 7) is 2.78. The first kappa shape index (κ1) is 14.4. The molecule has 1 saturated heterocycles. The maximum atomic E-state index is 14.0. The van der Waals surface area contributed by atoms with E-state index in [0.717, 1.165) is 30.2 Å². The minimum atomic E-state index is -0.186. The summed E-state index contributed by atoms with van der Waals surface area (Å²) in [7, 11) is 0. The van der Waals surface area contributed by atoms with Gasteiger partial charge in [0.15, 0.2) is 0 Å². The van der Waals surface area contributed by atoms with Crippen molar-refractivity contribution in [3.05, 3.63) is 35.1 Å². The molecule has 1 aromatic rings. The van der Waals surface area contributed by atoms with Gasteiger partial charge in [-0.2, -0.15) is 11.8 Å². The van der Waals surface area contributed by atoms with Gasteiger partial charge in [-0.3, -0.25) is 4.90 Å². The maximum absolute atomic E-state index is 14.0. The molecular weight excluding hydrogens is 261 g/mol. The highest BCUT2D eigenvalue weighted by Gasteiger charge is 2.12. The van der Waals surface area contributed by atoms with Crippen LogP contribution in [0.5, 0.6) is 0 Å². The molecule has 0 amide bonds. The molecule has 1 N–H and O–H groups in total. The van der Waals surface area contributed by atoms with Crippen LogP contribution in [0.1, 0.15) is 17.5 Å². The molecule has 2 rings (SSSR count). The van der Waals surface area contributed by atoms with Gasteiger partial charge in [-0.25, -0.2) is 4.39 Å². The number of rotatable bonds is 3. The van der Waals surface area contributed by atoms with Crippen molar-refractivity contribution in [3.8, 4) is 11.8 Å². The molecule has 1 fully saturated rings. The van der Waals surface area contributed by atoms with Crippen LogP contribution >= 0.6 is 11.8 Å². The predicted octanol–water partition coefficient (Wildman–Crippen LogP) is 2.11. The monoisotopic (exact) mass is 279 g/mol. The van der Waals surface area contributed by atoms with Crippen LogP contribution in [0.3, 0.4) is 0 Å². The SMILES string of the molecule is OCCC#Cc1ccc(CN2CCSCC2)c(F)c1. The van der Waals surface area contributed by atoms with E-state index in [4.69, 9.17) is 5.11 Å². The molecule has 1 aromatic carbocycles. The van der Waals surface area contributed by atoms with Gasteiger partial charge < -0.3 is 5.11 Å². The lowest BCUT2D eigenvalue weighted by atomic mass is 10.1. The lowest BCUT2D eigenvalue weighted by Crippen LogP contribution is -2.32. The summed E-state index contributed by atoms with van der Waals surface area (Å²) in [6, 6.07) is 5.15. The molecular formula is C15H18FNOS. The van der Waals surface area contributed by atoms with E-state index in [-0.39, 0.29) is 12.4 Å². The first-order valence-corrected chi connectivity index (χ1v) is 7.63. The van der Waals surface area contributed by atoms with Gasteiger partial charge in [0.2, 0.25) is 0 Å². The molecule has 1 aliphatic heterocycles. The van der Waals surface area contributed by atoms with E-state index in [1.54, 1.807) is 0 Å². The van der Waals surface area contributed by atoms with Crippen molar-refractivity contribution < 1.29 is 9.50 Å². The molecule has 2 nitrogen and oxygen atoms in total. The molecule has 0 atom stereocenters. The largest absolute Gasteiger partial charge is 0.395 e. The van der Waals surface area contributed by atoms with Crippen LogP contribution in [0.2, 0.25) is 0 Å². The maximum Gasteiger partial charge on any atom is 0.128 e. The minimum Gasteiger partial charge on any atom is -0.395 e. The Morgan fingerprint density at radius 1 is 1.32 bits per heavy atom. The van der Waals surface area contributed by atoms with Crippen LogP contribution in [0.25, 0.3) is 0 Å². The quantitative estimate of drug-likeness (QED) is 0.857. The Kier molecular flexibility index (Phi) is 5.71. The van der Waals surface area contributed by atoms with Crippen LogP contribution in [-0.4, -0.2) is 41.2 Å². The Morgan fingerprint density at radius 2 is 2.11 bits per heavy atom. The highest BCUT2D eigenvalue weighted by molar-refractivity contribution is 7.99. The summed E-state index contributed by atoms with van der Waals surface area (Å²) in [5.41, 5.74) is 1.41. The standard InChI is InChI=1S/C15H18FNOS/c16-15-11-13(3-1-2-8-18)4-5-14(15)12-17-6-9-19-10-7-17/h4-5,11,18H,2,6-10,12H2. The number of aliphatic hydroxyl groups is 1. The van der Waals surface area contributed by atoms with Crippen molar-refractivity contribution in [2.45, 2.75) is 13.0 Å². The second-order valence-electron chi connectivity index (χ2n) is 4.47. The average molecular weight is 279 g/mol. The minimum absolute atomic E-state index is 0.0422. The van der Waals surface area contributed by atoms with Crippen molar-refractivity contribution in [3.63, 3.8) is 0 Å². The first-order chi connectivity index (χ1) is 9.29. The zero-order valence-electron chi connectivity index (χ0n) is 10.9. The van der Waals surface area contributed by atoms with Gasteiger partial charge in [0.1, 0.15) is 5.82 Å². The summed E-state index contributed by atoms with van der Waals surface area (Å²) < 4.78 is 14.0. The molecule has 0 aromatic heterocycles. The van der Waals surface area contributed by atoms with Crippen molar-refractivity contribution in [2.75, 3.05) is 31.2 Å². The van der Waals surface area contributed by atoms with Crippen LogP contribution in [0, 0.1) is 17.7 Å². The van der Waals surface area contributed by atoms with Gasteiger partial charge in [0, 0.05) is 48.7 Å². The summed E-state index contributed by atoms with van der Waals surface area (Å²) in [5.74, 6) is 7.73. The van der Waals surface area contributed by atoms with Crippen molar-refractivity contribution in [1.82, 2.24) is 4.90 Å². The average Bonchev–Trinajstić information content (AvgIpc) is 2.43. The zero-order valence-corrected chi connectivity index (χ0v) is 11.7. The number of thioether (sulfide) groups is 1. The third kappa shape index (κ3) is 4.54. The molecule has 0 unspecified atom stereocenters. The lowest BCUT2D eigenvalue weighted by molar-refractivity contribution is 0.290. The van der Waals surface area contributed by atoms with Gasteiger partial charge in [0.25, 0.3) is 0 Å². The predicted molar refractivity (Wildman–Crippen MR) is 77.6 cm³/mol. The highest BCUT2D eigenvalue weighted by Crippen LogP contribution is 2.16. The summed E-state index contributed by atoms with van der Waals surface area (Å²) in [6.07, 6.45) is 0.425. The molecule has 19 heavy (non-hydrogen) atoms. The number of hydrogen-bond donors (Lipinski definition) is 1. The Morgan fingerprint density at radius 3 is 2.79 bits per heavy atom. The number of benzene rings is 1. The molecule has 0 saturated carbocycles. The summed E-state index contributed by atoms with van der Waals surface area (Å²) in [5, 5.41) is 8.64. The summed E-state index contributed by atoms with van der Waals surface area (Å²) in [4.78, 5) is 2.28. The van der Waals surface area contributed by atoms with E-state index in [0.29, 0.717) is 18.5 Å². The fourth-order valence-corrected chi connectivity index (χ4v) is 2.95. The molecule has 0 radical (unpaired) electrons. The van der Waals surface area contributed by atoms with Crippen molar-refractivity contribution in [2.24, 2.45) is 0 Å². The van der Waals surface area contributed by atoms with Gasteiger partial charge in [0.05, 0.1) is 6.61 Å². The normalized spacial score (nSPS) is 15.9. The zero-order chi connectivity index (χ0) is 13.5. The Labute approximate surface area is 118 Å². The third-order valence-electron chi connectivity index (χ3n) is 3.02. The third-order valence-corrected chi connectivity index (χ3v) is 3.96. The Balaban J connectivity index is 2.00. The topological polar surface area (TPSA) is 23.5 Å². The van der Waals surface area contributed by atoms with Crippen molar-refractivity contribution >= 4 is 11.8 Å². The van der Waals surface area contributed by atoms with Crippen LogP contribution in [0.4, 0.5) is 4.39 Å².